The van der Waals surface area contributed by atoms with Gasteiger partial charge in [0.25, 0.3) is 11.8 Å². The molecule has 0 aromatic carbocycles. The van der Waals surface area contributed by atoms with Crippen molar-refractivity contribution in [2.45, 2.75) is 131 Å². The molecule has 2 aromatic heterocycles. The first-order valence-corrected chi connectivity index (χ1v) is 20.0. The second-order valence-corrected chi connectivity index (χ2v) is 16.5. The van der Waals surface area contributed by atoms with Gasteiger partial charge in [-0.25, -0.2) is 20.0 Å². The summed E-state index contributed by atoms with van der Waals surface area (Å²) < 4.78 is 12.3. The lowest BCUT2D eigenvalue weighted by molar-refractivity contribution is -0.125. The average Bonchev–Trinajstić information content (AvgIpc) is 3.92. The number of nitrogens with one attached hydrogen (secondary N) is 4. The zero-order valence-corrected chi connectivity index (χ0v) is 33.2. The predicted octanol–water partition coefficient (Wildman–Crippen LogP) is 4.60. The number of fused-ring (bicyclic) bond motifs is 6. The maximum Gasteiger partial charge on any atom is 0.271 e. The zero-order chi connectivity index (χ0) is 38.0. The van der Waals surface area contributed by atoms with E-state index >= 15 is 0 Å². The Morgan fingerprint density at radius 1 is 0.615 bits per heavy atom. The number of amides is 4. The minimum Gasteiger partial charge on any atom is -0.474 e. The fourth-order valence-electron chi connectivity index (χ4n) is 6.28. The second kappa shape index (κ2) is 16.4. The van der Waals surface area contributed by atoms with E-state index in [9.17, 15) is 19.2 Å². The molecule has 0 fully saturated rings. The van der Waals surface area contributed by atoms with Crippen LogP contribution in [0, 0.1) is 23.7 Å². The van der Waals surface area contributed by atoms with E-state index in [1.807, 2.05) is 55.4 Å². The lowest BCUT2D eigenvalue weighted by atomic mass is 9.98. The molecule has 0 radical (unpaired) electrons. The summed E-state index contributed by atoms with van der Waals surface area (Å²) in [6.45, 7) is 19.4. The Labute approximate surface area is 313 Å². The molecule has 52 heavy (non-hydrogen) atoms. The summed E-state index contributed by atoms with van der Waals surface area (Å²) in [6.07, 6.45) is 0.257. The van der Waals surface area contributed by atoms with Crippen molar-refractivity contribution in [2.24, 2.45) is 33.7 Å². The van der Waals surface area contributed by atoms with Gasteiger partial charge < -0.3 is 30.7 Å². The number of thiazole rings is 2. The van der Waals surface area contributed by atoms with Gasteiger partial charge in [0.2, 0.25) is 23.6 Å². The monoisotopic (exact) mass is 756 g/mol. The molecule has 0 saturated carbocycles. The summed E-state index contributed by atoms with van der Waals surface area (Å²) in [4.78, 5) is 73.7. The molecule has 16 heteroatoms. The molecule has 10 atom stereocenters. The van der Waals surface area contributed by atoms with Gasteiger partial charge in [-0.05, 0) is 37.5 Å². The Kier molecular flexibility index (Phi) is 12.4. The van der Waals surface area contributed by atoms with Gasteiger partial charge in [0.1, 0.15) is 45.7 Å². The summed E-state index contributed by atoms with van der Waals surface area (Å²) in [7, 11) is 0. The fourth-order valence-corrected chi connectivity index (χ4v) is 8.32. The lowest BCUT2D eigenvalue weighted by Gasteiger charge is -2.24. The quantitative estimate of drug-likeness (QED) is 0.330. The average molecular weight is 757 g/mol. The third kappa shape index (κ3) is 8.32. The van der Waals surface area contributed by atoms with Crippen LogP contribution in [0.15, 0.2) is 20.7 Å². The van der Waals surface area contributed by atoms with Crippen LogP contribution >= 0.6 is 22.7 Å². The van der Waals surface area contributed by atoms with Crippen LogP contribution in [0.5, 0.6) is 0 Å². The second-order valence-electron chi connectivity index (χ2n) is 14.7. The zero-order valence-electron chi connectivity index (χ0n) is 31.6. The molecule has 3 aliphatic rings. The molecule has 2 aromatic rings. The number of carbonyl (C=O) groups excluding carboxylic acids is 4. The van der Waals surface area contributed by atoms with Crippen molar-refractivity contribution >= 4 is 58.1 Å². The van der Waals surface area contributed by atoms with Gasteiger partial charge >= 0.3 is 0 Å². The summed E-state index contributed by atoms with van der Waals surface area (Å²) >= 11 is 2.57. The number of nitrogens with zero attached hydrogens (tertiary/aromatic N) is 4. The third-order valence-electron chi connectivity index (χ3n) is 10.1. The predicted molar refractivity (Wildman–Crippen MR) is 201 cm³/mol. The molecular formula is C36H52N8O6S2. The number of aliphatic imine (C=N–C) groups is 2. The van der Waals surface area contributed by atoms with Gasteiger partial charge in [-0.3, -0.25) is 19.2 Å². The maximum atomic E-state index is 13.8. The van der Waals surface area contributed by atoms with Crippen LogP contribution in [0.3, 0.4) is 0 Å². The van der Waals surface area contributed by atoms with Crippen molar-refractivity contribution in [1.29, 1.82) is 0 Å². The minimum absolute atomic E-state index is 0.0604. The van der Waals surface area contributed by atoms with Crippen molar-refractivity contribution in [1.82, 2.24) is 31.2 Å². The molecule has 284 valence electrons. The molecule has 0 spiro atoms. The van der Waals surface area contributed by atoms with Gasteiger partial charge in [0.05, 0.1) is 12.1 Å². The maximum absolute atomic E-state index is 13.8. The highest BCUT2D eigenvalue weighted by Gasteiger charge is 2.42. The van der Waals surface area contributed by atoms with Gasteiger partial charge in [-0.2, -0.15) is 0 Å². The molecule has 0 aliphatic carbocycles. The number of ether oxygens (including phenoxy) is 2. The van der Waals surface area contributed by atoms with Crippen LogP contribution in [0.1, 0.15) is 125 Å². The topological polar surface area (TPSA) is 185 Å². The molecule has 5 heterocycles. The van der Waals surface area contributed by atoms with Gasteiger partial charge in [-0.15, -0.1) is 22.7 Å². The van der Waals surface area contributed by atoms with Gasteiger partial charge in [0, 0.05) is 10.8 Å². The standard InChI is InChI=1S/C36H52N8O6S2/c1-11-17(7)25-33-43-27(19(9)49-33)31(47)39-24(16(5)6)36-38-22(14-52-36)30(46)42-26(18(8)12-2)34-44-28(20(10)50-34)32(48)40-23(15(3)4)35-37-21(13-51-35)29(45)41-25/h13-20,23-28H,11-12H2,1-10H3,(H,39,47)(H,40,48)(H,41,45)(H,42,46)/t17?,18?,19-,20+,23-,24-,25+,26+,27-,28+/m1/s1. The molecule has 3 aliphatic heterocycles. The van der Waals surface area contributed by atoms with Gasteiger partial charge in [-0.1, -0.05) is 68.2 Å². The van der Waals surface area contributed by atoms with E-state index in [4.69, 9.17) is 19.5 Å². The van der Waals surface area contributed by atoms with E-state index in [1.54, 1.807) is 24.6 Å². The number of carbonyl (C=O) groups is 4. The molecule has 4 amide bonds. The van der Waals surface area contributed by atoms with Gasteiger partial charge in [0.15, 0.2) is 12.1 Å². The summed E-state index contributed by atoms with van der Waals surface area (Å²) in [6, 6.07) is -3.92. The third-order valence-corrected chi connectivity index (χ3v) is 11.9. The molecule has 4 N–H and O–H groups in total. The van der Waals surface area contributed by atoms with E-state index in [1.165, 1.54) is 22.7 Å². The molecule has 8 bridgehead atoms. The molecular weight excluding hydrogens is 705 g/mol. The summed E-state index contributed by atoms with van der Waals surface area (Å²) in [5, 5.41) is 16.8. The largest absolute Gasteiger partial charge is 0.474 e. The van der Waals surface area contributed by atoms with Crippen molar-refractivity contribution in [3.8, 4) is 0 Å². The Bertz CT molecular complexity index is 1580. The van der Waals surface area contributed by atoms with Crippen LogP contribution in [-0.2, 0) is 19.1 Å². The highest BCUT2D eigenvalue weighted by molar-refractivity contribution is 7.10. The normalized spacial score (nSPS) is 29.8. The molecule has 2 unspecified atom stereocenters. The first-order valence-electron chi connectivity index (χ1n) is 18.2. The Morgan fingerprint density at radius 3 is 1.31 bits per heavy atom. The highest BCUT2D eigenvalue weighted by Crippen LogP contribution is 2.30. The number of rotatable bonds is 6. The van der Waals surface area contributed by atoms with Crippen molar-refractivity contribution in [3.63, 3.8) is 0 Å². The molecule has 5 rings (SSSR count). The Hall–Kier alpha value is -3.92. The van der Waals surface area contributed by atoms with Crippen LogP contribution in [-0.4, -0.2) is 81.8 Å². The lowest BCUT2D eigenvalue weighted by Crippen LogP contribution is -2.46. The van der Waals surface area contributed by atoms with Crippen molar-refractivity contribution < 1.29 is 28.7 Å². The molecule has 14 nitrogen and oxygen atoms in total. The highest BCUT2D eigenvalue weighted by atomic mass is 32.1. The summed E-state index contributed by atoms with van der Waals surface area (Å²) in [5.74, 6) is -1.19. The van der Waals surface area contributed by atoms with Crippen LogP contribution in [0.4, 0.5) is 0 Å². The first-order chi connectivity index (χ1) is 24.6. The van der Waals surface area contributed by atoms with E-state index in [2.05, 4.69) is 31.2 Å². The minimum atomic E-state index is -0.857. The summed E-state index contributed by atoms with van der Waals surface area (Å²) in [5.41, 5.74) is 0.410. The Balaban J connectivity index is 1.55. The number of hydrogen-bond donors (Lipinski definition) is 4. The van der Waals surface area contributed by atoms with Crippen LogP contribution < -0.4 is 21.3 Å². The first kappa shape index (κ1) is 39.3. The SMILES string of the molecule is CCC(C)[C@@H]1NC(=O)c2csc(n2)[C@@H](C(C)C)NC(=O)[C@@H]2N=C(O[C@@H]2C)[C@H](C(C)CC)NC(=O)c2csc(n2)[C@@H](C(C)C)NC(=O)[C@H]2N=C1O[C@H]2C. The smallest absolute Gasteiger partial charge is 0.271 e. The van der Waals surface area contributed by atoms with E-state index in [0.717, 1.165) is 0 Å². The van der Waals surface area contributed by atoms with E-state index < -0.39 is 60.3 Å². The van der Waals surface area contributed by atoms with Crippen molar-refractivity contribution in [3.05, 3.63) is 32.2 Å². The van der Waals surface area contributed by atoms with Crippen molar-refractivity contribution in [2.75, 3.05) is 0 Å². The van der Waals surface area contributed by atoms with Crippen LogP contribution in [0.25, 0.3) is 0 Å². The van der Waals surface area contributed by atoms with E-state index in [-0.39, 0.29) is 58.7 Å². The number of aromatic nitrogens is 2. The fraction of sp³-hybridized carbons (Fsp3) is 0.667. The van der Waals surface area contributed by atoms with Crippen LogP contribution in [0.2, 0.25) is 0 Å². The van der Waals surface area contributed by atoms with E-state index in [0.29, 0.717) is 22.9 Å². The number of hydrogen-bond acceptors (Lipinski definition) is 12. The molecule has 0 saturated heterocycles. The Morgan fingerprint density at radius 2 is 0.981 bits per heavy atom.